The monoisotopic (exact) mass is 219 g/mol. The highest BCUT2D eigenvalue weighted by Gasteiger charge is 2.13. The molecule has 0 bridgehead atoms. The number of hydrogen-bond acceptors (Lipinski definition) is 1. The van der Waals surface area contributed by atoms with Gasteiger partial charge in [0, 0.05) is 6.54 Å². The Bertz CT molecular complexity index is 306. The van der Waals surface area contributed by atoms with Gasteiger partial charge in [-0.25, -0.2) is 0 Å². The summed E-state index contributed by atoms with van der Waals surface area (Å²) < 4.78 is 0. The summed E-state index contributed by atoms with van der Waals surface area (Å²) in [6.45, 7) is 7.87. The summed E-state index contributed by atoms with van der Waals surface area (Å²) in [6.07, 6.45) is 2.55. The van der Waals surface area contributed by atoms with Crippen LogP contribution in [0.15, 0.2) is 24.3 Å². The van der Waals surface area contributed by atoms with Gasteiger partial charge in [-0.05, 0) is 37.8 Å². The average Bonchev–Trinajstić information content (AvgIpc) is 2.28. The number of likely N-dealkylation sites (N-methyl/N-ethyl adjacent to an activating group) is 1. The van der Waals surface area contributed by atoms with E-state index in [9.17, 15) is 0 Å². The summed E-state index contributed by atoms with van der Waals surface area (Å²) in [7, 11) is 2.04. The van der Waals surface area contributed by atoms with Crippen LogP contribution in [-0.4, -0.2) is 13.6 Å². The predicted molar refractivity (Wildman–Crippen MR) is 71.9 cm³/mol. The molecule has 0 fully saturated rings. The summed E-state index contributed by atoms with van der Waals surface area (Å²) in [5.41, 5.74) is 2.84. The van der Waals surface area contributed by atoms with Crippen LogP contribution < -0.4 is 5.32 Å². The van der Waals surface area contributed by atoms with Gasteiger partial charge in [-0.15, -0.1) is 0 Å². The normalized spacial score (nSPS) is 14.8. The quantitative estimate of drug-likeness (QED) is 0.768. The van der Waals surface area contributed by atoms with E-state index in [1.165, 1.54) is 24.0 Å². The molecule has 0 aliphatic carbocycles. The van der Waals surface area contributed by atoms with E-state index in [4.69, 9.17) is 0 Å². The molecule has 0 aliphatic heterocycles. The molecule has 90 valence electrons. The zero-order valence-electron chi connectivity index (χ0n) is 11.1. The van der Waals surface area contributed by atoms with Gasteiger partial charge in [0.2, 0.25) is 0 Å². The summed E-state index contributed by atoms with van der Waals surface area (Å²) in [6, 6.07) is 8.93. The molecule has 0 spiro atoms. The fourth-order valence-corrected chi connectivity index (χ4v) is 2.16. The molecule has 1 aromatic carbocycles. The lowest BCUT2D eigenvalue weighted by atomic mass is 9.88. The van der Waals surface area contributed by atoms with Gasteiger partial charge in [-0.1, -0.05) is 50.1 Å². The van der Waals surface area contributed by atoms with Crippen LogP contribution in [-0.2, 0) is 0 Å². The lowest BCUT2D eigenvalue weighted by molar-refractivity contribution is 0.444. The van der Waals surface area contributed by atoms with Crippen molar-refractivity contribution >= 4 is 0 Å². The lowest BCUT2D eigenvalue weighted by Crippen LogP contribution is -2.19. The largest absolute Gasteiger partial charge is 0.319 e. The first-order chi connectivity index (χ1) is 7.67. The number of aryl methyl sites for hydroxylation is 1. The van der Waals surface area contributed by atoms with Crippen molar-refractivity contribution < 1.29 is 0 Å². The van der Waals surface area contributed by atoms with Crippen molar-refractivity contribution in [1.82, 2.24) is 5.32 Å². The zero-order chi connectivity index (χ0) is 12.0. The molecule has 0 heterocycles. The first-order valence-electron chi connectivity index (χ1n) is 6.38. The molecular formula is C15H25N. The third kappa shape index (κ3) is 3.97. The van der Waals surface area contributed by atoms with Gasteiger partial charge in [-0.2, -0.15) is 0 Å². The smallest absolute Gasteiger partial charge is 0.00172 e. The van der Waals surface area contributed by atoms with E-state index in [2.05, 4.69) is 50.4 Å². The molecule has 0 aromatic heterocycles. The van der Waals surface area contributed by atoms with Crippen molar-refractivity contribution in [2.75, 3.05) is 13.6 Å². The second kappa shape index (κ2) is 6.70. The van der Waals surface area contributed by atoms with E-state index in [0.29, 0.717) is 5.92 Å². The Morgan fingerprint density at radius 2 is 2.06 bits per heavy atom. The Kier molecular flexibility index (Phi) is 5.54. The number of rotatable bonds is 6. The second-order valence-electron chi connectivity index (χ2n) is 4.92. The van der Waals surface area contributed by atoms with E-state index >= 15 is 0 Å². The standard InChI is InChI=1S/C15H25N/c1-5-12(2)9-15(11-16-4)14-8-6-7-13(3)10-14/h6-8,10,12,15-16H,5,9,11H2,1-4H3. The molecule has 0 radical (unpaired) electrons. The highest BCUT2D eigenvalue weighted by atomic mass is 14.8. The molecule has 1 rings (SSSR count). The van der Waals surface area contributed by atoms with Gasteiger partial charge in [0.05, 0.1) is 0 Å². The van der Waals surface area contributed by atoms with Crippen molar-refractivity contribution in [3.8, 4) is 0 Å². The van der Waals surface area contributed by atoms with Gasteiger partial charge in [0.1, 0.15) is 0 Å². The third-order valence-corrected chi connectivity index (χ3v) is 3.35. The maximum atomic E-state index is 3.32. The second-order valence-corrected chi connectivity index (χ2v) is 4.92. The van der Waals surface area contributed by atoms with Crippen molar-refractivity contribution in [3.05, 3.63) is 35.4 Å². The molecular weight excluding hydrogens is 194 g/mol. The molecule has 1 aromatic rings. The minimum absolute atomic E-state index is 0.653. The highest BCUT2D eigenvalue weighted by Crippen LogP contribution is 2.25. The van der Waals surface area contributed by atoms with Crippen LogP contribution >= 0.6 is 0 Å². The molecule has 0 amide bonds. The van der Waals surface area contributed by atoms with Gasteiger partial charge in [0.25, 0.3) is 0 Å². The van der Waals surface area contributed by atoms with E-state index < -0.39 is 0 Å². The Morgan fingerprint density at radius 1 is 1.31 bits per heavy atom. The van der Waals surface area contributed by atoms with Crippen LogP contribution in [0.1, 0.15) is 43.7 Å². The maximum absolute atomic E-state index is 3.32. The molecule has 0 saturated heterocycles. The molecule has 0 saturated carbocycles. The summed E-state index contributed by atoms with van der Waals surface area (Å²) in [5.74, 6) is 1.46. The lowest BCUT2D eigenvalue weighted by Gasteiger charge is -2.21. The van der Waals surface area contributed by atoms with Gasteiger partial charge in [-0.3, -0.25) is 0 Å². The summed E-state index contributed by atoms with van der Waals surface area (Å²) in [4.78, 5) is 0. The first kappa shape index (κ1) is 13.2. The molecule has 1 heteroatoms. The Balaban J connectivity index is 2.76. The summed E-state index contributed by atoms with van der Waals surface area (Å²) in [5, 5.41) is 3.32. The topological polar surface area (TPSA) is 12.0 Å². The number of nitrogens with one attached hydrogen (secondary N) is 1. The Hall–Kier alpha value is -0.820. The molecule has 0 aliphatic rings. The molecule has 1 nitrogen and oxygen atoms in total. The van der Waals surface area contributed by atoms with Gasteiger partial charge >= 0.3 is 0 Å². The molecule has 1 N–H and O–H groups in total. The minimum Gasteiger partial charge on any atom is -0.319 e. The molecule has 16 heavy (non-hydrogen) atoms. The van der Waals surface area contributed by atoms with Crippen molar-refractivity contribution in [1.29, 1.82) is 0 Å². The SMILES string of the molecule is CCC(C)CC(CNC)c1cccc(C)c1. The van der Waals surface area contributed by atoms with Crippen LogP contribution in [0.25, 0.3) is 0 Å². The molecule has 2 atom stereocenters. The third-order valence-electron chi connectivity index (χ3n) is 3.35. The summed E-state index contributed by atoms with van der Waals surface area (Å²) >= 11 is 0. The van der Waals surface area contributed by atoms with E-state index in [1.54, 1.807) is 0 Å². The number of hydrogen-bond donors (Lipinski definition) is 1. The zero-order valence-corrected chi connectivity index (χ0v) is 11.1. The van der Waals surface area contributed by atoms with Crippen molar-refractivity contribution in [3.63, 3.8) is 0 Å². The highest BCUT2D eigenvalue weighted by molar-refractivity contribution is 5.25. The maximum Gasteiger partial charge on any atom is 0.00172 e. The average molecular weight is 219 g/mol. The van der Waals surface area contributed by atoms with E-state index in [0.717, 1.165) is 12.5 Å². The Morgan fingerprint density at radius 3 is 2.62 bits per heavy atom. The van der Waals surface area contributed by atoms with Crippen LogP contribution in [0.4, 0.5) is 0 Å². The predicted octanol–water partition coefficient (Wildman–Crippen LogP) is 3.73. The minimum atomic E-state index is 0.653. The van der Waals surface area contributed by atoms with Crippen LogP contribution in [0.2, 0.25) is 0 Å². The van der Waals surface area contributed by atoms with Crippen molar-refractivity contribution in [2.45, 2.75) is 39.5 Å². The number of benzene rings is 1. The van der Waals surface area contributed by atoms with Crippen LogP contribution in [0.5, 0.6) is 0 Å². The van der Waals surface area contributed by atoms with Gasteiger partial charge in [0.15, 0.2) is 0 Å². The van der Waals surface area contributed by atoms with Crippen LogP contribution in [0.3, 0.4) is 0 Å². The van der Waals surface area contributed by atoms with Gasteiger partial charge < -0.3 is 5.32 Å². The van der Waals surface area contributed by atoms with E-state index in [-0.39, 0.29) is 0 Å². The fraction of sp³-hybridized carbons (Fsp3) is 0.600. The Labute approximate surface area is 100 Å². The molecule has 2 unspecified atom stereocenters. The first-order valence-corrected chi connectivity index (χ1v) is 6.38. The van der Waals surface area contributed by atoms with Crippen molar-refractivity contribution in [2.24, 2.45) is 5.92 Å². The van der Waals surface area contributed by atoms with E-state index in [1.807, 2.05) is 7.05 Å². The fourth-order valence-electron chi connectivity index (χ4n) is 2.16. The van der Waals surface area contributed by atoms with Crippen LogP contribution in [0, 0.1) is 12.8 Å².